The number of nitrogens with one attached hydrogen (secondary N) is 1. The van der Waals surface area contributed by atoms with Crippen LogP contribution >= 0.6 is 11.6 Å². The normalized spacial score (nSPS) is 10.2. The van der Waals surface area contributed by atoms with E-state index in [4.69, 9.17) is 16.7 Å². The number of rotatable bonds is 7. The van der Waals surface area contributed by atoms with E-state index in [2.05, 4.69) is 10.3 Å². The Morgan fingerprint density at radius 3 is 2.74 bits per heavy atom. The van der Waals surface area contributed by atoms with E-state index in [0.717, 1.165) is 18.5 Å². The summed E-state index contributed by atoms with van der Waals surface area (Å²) in [4.78, 5) is 26.1. The molecule has 1 rings (SSSR count). The molecule has 0 atom stereocenters. The number of aromatic nitrogens is 1. The molecule has 0 aliphatic rings. The number of hydrogen-bond acceptors (Lipinski definition) is 3. The van der Waals surface area contributed by atoms with E-state index in [9.17, 15) is 9.59 Å². The summed E-state index contributed by atoms with van der Waals surface area (Å²) in [7, 11) is 0. The molecule has 0 saturated heterocycles. The number of aryl methyl sites for hydroxylation is 1. The zero-order valence-corrected chi connectivity index (χ0v) is 11.5. The average Bonchev–Trinajstić information content (AvgIpc) is 2.32. The Kier molecular flexibility index (Phi) is 6.29. The van der Waals surface area contributed by atoms with E-state index < -0.39 is 5.97 Å². The number of carboxylic acid groups (broad SMARTS) is 1. The first kappa shape index (κ1) is 15.4. The van der Waals surface area contributed by atoms with Crippen LogP contribution in [0, 0.1) is 6.92 Å². The summed E-state index contributed by atoms with van der Waals surface area (Å²) in [6.07, 6.45) is 3.76. The maximum absolute atomic E-state index is 11.8. The molecule has 104 valence electrons. The predicted molar refractivity (Wildman–Crippen MR) is 72.4 cm³/mol. The van der Waals surface area contributed by atoms with Crippen molar-refractivity contribution in [3.05, 3.63) is 28.5 Å². The molecule has 5 nitrogen and oxygen atoms in total. The number of halogens is 1. The predicted octanol–water partition coefficient (Wildman–Crippen LogP) is 2.42. The fourth-order valence-corrected chi connectivity index (χ4v) is 1.86. The van der Waals surface area contributed by atoms with E-state index in [1.807, 2.05) is 0 Å². The maximum atomic E-state index is 11.8. The van der Waals surface area contributed by atoms with Gasteiger partial charge in [-0.1, -0.05) is 18.0 Å². The van der Waals surface area contributed by atoms with Gasteiger partial charge in [0.05, 0.1) is 10.6 Å². The fourth-order valence-electron chi connectivity index (χ4n) is 1.57. The largest absolute Gasteiger partial charge is 0.481 e. The van der Waals surface area contributed by atoms with Crippen LogP contribution in [-0.4, -0.2) is 28.5 Å². The molecule has 1 aromatic rings. The Hall–Kier alpha value is -1.62. The minimum atomic E-state index is -0.790. The van der Waals surface area contributed by atoms with Crippen molar-refractivity contribution in [3.8, 4) is 0 Å². The molecule has 0 aliphatic carbocycles. The monoisotopic (exact) mass is 284 g/mol. The molecule has 0 fully saturated rings. The molecule has 0 unspecified atom stereocenters. The van der Waals surface area contributed by atoms with Crippen molar-refractivity contribution in [2.45, 2.75) is 32.6 Å². The van der Waals surface area contributed by atoms with Crippen molar-refractivity contribution in [1.82, 2.24) is 10.3 Å². The van der Waals surface area contributed by atoms with Crippen LogP contribution < -0.4 is 5.32 Å². The van der Waals surface area contributed by atoms with Crippen molar-refractivity contribution in [1.29, 1.82) is 0 Å². The molecule has 0 radical (unpaired) electrons. The third-order valence-corrected chi connectivity index (χ3v) is 2.90. The van der Waals surface area contributed by atoms with Crippen LogP contribution in [0.3, 0.4) is 0 Å². The summed E-state index contributed by atoms with van der Waals surface area (Å²) in [5.74, 6) is -1.04. The highest BCUT2D eigenvalue weighted by atomic mass is 35.5. The molecule has 1 heterocycles. The number of carbonyl (C=O) groups excluding carboxylic acids is 1. The van der Waals surface area contributed by atoms with E-state index in [1.165, 1.54) is 6.20 Å². The van der Waals surface area contributed by atoms with Gasteiger partial charge in [0.15, 0.2) is 0 Å². The van der Waals surface area contributed by atoms with Gasteiger partial charge in [-0.15, -0.1) is 0 Å². The minimum absolute atomic E-state index is 0.168. The van der Waals surface area contributed by atoms with Gasteiger partial charge in [-0.3, -0.25) is 14.6 Å². The molecule has 0 saturated carbocycles. The average molecular weight is 285 g/mol. The Bertz CT molecular complexity index is 463. The van der Waals surface area contributed by atoms with Gasteiger partial charge in [0, 0.05) is 24.9 Å². The quantitative estimate of drug-likeness (QED) is 0.754. The van der Waals surface area contributed by atoms with Crippen LogP contribution in [0.5, 0.6) is 0 Å². The second-order valence-electron chi connectivity index (χ2n) is 4.27. The molecule has 0 bridgehead atoms. The lowest BCUT2D eigenvalue weighted by molar-refractivity contribution is -0.137. The number of hydrogen-bond donors (Lipinski definition) is 2. The SMILES string of the molecule is Cc1cc(Cl)c(C(=O)NCCCCCC(=O)O)cn1. The van der Waals surface area contributed by atoms with E-state index in [0.29, 0.717) is 23.6 Å². The highest BCUT2D eigenvalue weighted by Gasteiger charge is 2.10. The zero-order valence-electron chi connectivity index (χ0n) is 10.8. The number of pyridine rings is 1. The molecule has 0 aromatic carbocycles. The third-order valence-electron chi connectivity index (χ3n) is 2.59. The van der Waals surface area contributed by atoms with Gasteiger partial charge in [0.2, 0.25) is 0 Å². The number of amides is 1. The van der Waals surface area contributed by atoms with Crippen LogP contribution in [0.15, 0.2) is 12.3 Å². The first-order chi connectivity index (χ1) is 9.00. The van der Waals surface area contributed by atoms with E-state index in [-0.39, 0.29) is 12.3 Å². The summed E-state index contributed by atoms with van der Waals surface area (Å²) in [6.45, 7) is 2.30. The number of nitrogens with zero attached hydrogens (tertiary/aromatic N) is 1. The molecule has 2 N–H and O–H groups in total. The molecule has 19 heavy (non-hydrogen) atoms. The second kappa shape index (κ2) is 7.74. The lowest BCUT2D eigenvalue weighted by Gasteiger charge is -2.06. The van der Waals surface area contributed by atoms with E-state index >= 15 is 0 Å². The first-order valence-corrected chi connectivity index (χ1v) is 6.50. The summed E-state index contributed by atoms with van der Waals surface area (Å²) < 4.78 is 0. The second-order valence-corrected chi connectivity index (χ2v) is 4.67. The number of carboxylic acids is 1. The smallest absolute Gasteiger partial charge is 0.303 e. The molecular weight excluding hydrogens is 268 g/mol. The molecular formula is C13H17ClN2O3. The minimum Gasteiger partial charge on any atom is -0.481 e. The highest BCUT2D eigenvalue weighted by molar-refractivity contribution is 6.33. The molecule has 0 aliphatic heterocycles. The van der Waals surface area contributed by atoms with Crippen molar-refractivity contribution < 1.29 is 14.7 Å². The highest BCUT2D eigenvalue weighted by Crippen LogP contribution is 2.15. The van der Waals surface area contributed by atoms with E-state index in [1.54, 1.807) is 13.0 Å². The summed E-state index contributed by atoms with van der Waals surface area (Å²) in [5, 5.41) is 11.6. The van der Waals surface area contributed by atoms with Crippen LogP contribution in [0.1, 0.15) is 41.7 Å². The van der Waals surface area contributed by atoms with Gasteiger partial charge in [0.1, 0.15) is 0 Å². The molecule has 1 amide bonds. The Morgan fingerprint density at radius 1 is 1.37 bits per heavy atom. The van der Waals surface area contributed by atoms with Crippen molar-refractivity contribution in [2.24, 2.45) is 0 Å². The van der Waals surface area contributed by atoms with Gasteiger partial charge in [0.25, 0.3) is 5.91 Å². The van der Waals surface area contributed by atoms with Gasteiger partial charge < -0.3 is 10.4 Å². The zero-order chi connectivity index (χ0) is 14.3. The van der Waals surface area contributed by atoms with Crippen LogP contribution in [-0.2, 0) is 4.79 Å². The van der Waals surface area contributed by atoms with Gasteiger partial charge >= 0.3 is 5.97 Å². The Morgan fingerprint density at radius 2 is 2.11 bits per heavy atom. The summed E-state index contributed by atoms with van der Waals surface area (Å²) in [5.41, 5.74) is 1.12. The molecule has 6 heteroatoms. The van der Waals surface area contributed by atoms with Crippen LogP contribution in [0.2, 0.25) is 5.02 Å². The van der Waals surface area contributed by atoms with Crippen LogP contribution in [0.25, 0.3) is 0 Å². The number of unbranched alkanes of at least 4 members (excludes halogenated alkanes) is 2. The number of carbonyl (C=O) groups is 2. The van der Waals surface area contributed by atoms with Crippen molar-refractivity contribution >= 4 is 23.5 Å². The molecule has 1 aromatic heterocycles. The van der Waals surface area contributed by atoms with Crippen molar-refractivity contribution in [3.63, 3.8) is 0 Å². The van der Waals surface area contributed by atoms with Gasteiger partial charge in [-0.25, -0.2) is 0 Å². The third kappa shape index (κ3) is 5.70. The van der Waals surface area contributed by atoms with Crippen LogP contribution in [0.4, 0.5) is 0 Å². The molecule has 0 spiro atoms. The number of aliphatic carboxylic acids is 1. The fraction of sp³-hybridized carbons (Fsp3) is 0.462. The van der Waals surface area contributed by atoms with Crippen molar-refractivity contribution in [2.75, 3.05) is 6.54 Å². The lowest BCUT2D eigenvalue weighted by Crippen LogP contribution is -2.25. The van der Waals surface area contributed by atoms with Gasteiger partial charge in [-0.05, 0) is 25.8 Å². The first-order valence-electron chi connectivity index (χ1n) is 6.13. The summed E-state index contributed by atoms with van der Waals surface area (Å²) >= 11 is 5.96. The Balaban J connectivity index is 2.29. The summed E-state index contributed by atoms with van der Waals surface area (Å²) in [6, 6.07) is 1.64. The maximum Gasteiger partial charge on any atom is 0.303 e. The van der Waals surface area contributed by atoms with Gasteiger partial charge in [-0.2, -0.15) is 0 Å². The Labute approximate surface area is 117 Å². The topological polar surface area (TPSA) is 79.3 Å². The standard InChI is InChI=1S/C13H17ClN2O3/c1-9-7-11(14)10(8-16-9)13(19)15-6-4-2-3-5-12(17)18/h7-8H,2-6H2,1H3,(H,15,19)(H,17,18). The lowest BCUT2D eigenvalue weighted by atomic mass is 10.2.